The molecule has 0 spiro atoms. The van der Waals surface area contributed by atoms with E-state index in [1.807, 2.05) is 6.92 Å². The molecule has 0 bridgehead atoms. The van der Waals surface area contributed by atoms with Crippen molar-refractivity contribution in [3.8, 4) is 0 Å². The Hall–Kier alpha value is -1.73. The lowest BCUT2D eigenvalue weighted by molar-refractivity contribution is -0.110. The highest BCUT2D eigenvalue weighted by molar-refractivity contribution is 5.47. The van der Waals surface area contributed by atoms with Crippen molar-refractivity contribution in [2.75, 3.05) is 44.2 Å². The number of carbonyl (C=O) groups is 1. The molecule has 3 rings (SSSR count). The Morgan fingerprint density at radius 1 is 1.21 bits per heavy atom. The predicted molar refractivity (Wildman–Crippen MR) is 115 cm³/mol. The molecular formula is C22H37N5O2. The zero-order valence-corrected chi connectivity index (χ0v) is 18.5. The van der Waals surface area contributed by atoms with E-state index in [2.05, 4.69) is 42.0 Å². The summed E-state index contributed by atoms with van der Waals surface area (Å²) in [6.45, 7) is 15.0. The predicted octanol–water partition coefficient (Wildman–Crippen LogP) is 2.35. The second kappa shape index (κ2) is 9.85. The van der Waals surface area contributed by atoms with Gasteiger partial charge in [-0.1, -0.05) is 20.8 Å². The summed E-state index contributed by atoms with van der Waals surface area (Å²) in [5.41, 5.74) is 0.880. The SMILES string of the molecule is CCOCc1cc(N2CCN(CCC3CC(NC=O)C3)CC2)nc(C(C)(C)C)n1. The number of nitrogens with zero attached hydrogens (tertiary/aromatic N) is 4. The van der Waals surface area contributed by atoms with Crippen molar-refractivity contribution in [1.82, 2.24) is 20.2 Å². The number of amides is 1. The van der Waals surface area contributed by atoms with Crippen LogP contribution in [-0.2, 0) is 21.6 Å². The number of aromatic nitrogens is 2. The van der Waals surface area contributed by atoms with Crippen molar-refractivity contribution < 1.29 is 9.53 Å². The molecule has 1 saturated heterocycles. The average molecular weight is 404 g/mol. The minimum Gasteiger partial charge on any atom is -0.375 e. The normalized spacial score (nSPS) is 23.0. The number of rotatable bonds is 9. The van der Waals surface area contributed by atoms with Gasteiger partial charge in [-0.15, -0.1) is 0 Å². The van der Waals surface area contributed by atoms with Crippen LogP contribution in [0.2, 0.25) is 0 Å². The summed E-state index contributed by atoms with van der Waals surface area (Å²) >= 11 is 0. The van der Waals surface area contributed by atoms with Crippen LogP contribution in [0.15, 0.2) is 6.07 Å². The molecule has 7 heteroatoms. The van der Waals surface area contributed by atoms with Gasteiger partial charge in [-0.25, -0.2) is 9.97 Å². The second-order valence-electron chi connectivity index (χ2n) is 9.36. The van der Waals surface area contributed by atoms with Crippen molar-refractivity contribution in [3.05, 3.63) is 17.6 Å². The summed E-state index contributed by atoms with van der Waals surface area (Å²) in [6, 6.07) is 2.50. The maximum Gasteiger partial charge on any atom is 0.207 e. The first-order chi connectivity index (χ1) is 13.9. The van der Waals surface area contributed by atoms with Crippen LogP contribution in [0.1, 0.15) is 58.5 Å². The molecule has 1 aromatic heterocycles. The van der Waals surface area contributed by atoms with Gasteiger partial charge in [0.2, 0.25) is 6.41 Å². The van der Waals surface area contributed by atoms with Crippen molar-refractivity contribution in [2.45, 2.75) is 65.0 Å². The summed E-state index contributed by atoms with van der Waals surface area (Å²) in [6.07, 6.45) is 4.34. The van der Waals surface area contributed by atoms with Crippen molar-refractivity contribution in [1.29, 1.82) is 0 Å². The number of hydrogen-bond acceptors (Lipinski definition) is 6. The molecule has 1 aliphatic heterocycles. The van der Waals surface area contributed by atoms with Crippen LogP contribution in [-0.4, -0.2) is 66.7 Å². The lowest BCUT2D eigenvalue weighted by Gasteiger charge is -2.39. The van der Waals surface area contributed by atoms with Crippen LogP contribution in [0.4, 0.5) is 5.82 Å². The highest BCUT2D eigenvalue weighted by Gasteiger charge is 2.29. The number of carbonyl (C=O) groups excluding carboxylic acids is 1. The lowest BCUT2D eigenvalue weighted by Crippen LogP contribution is -2.48. The Kier molecular flexibility index (Phi) is 7.46. The lowest BCUT2D eigenvalue weighted by atomic mass is 9.78. The van der Waals surface area contributed by atoms with Crippen LogP contribution >= 0.6 is 0 Å². The first kappa shape index (κ1) is 22.0. The molecule has 7 nitrogen and oxygen atoms in total. The van der Waals surface area contributed by atoms with E-state index < -0.39 is 0 Å². The van der Waals surface area contributed by atoms with Gasteiger partial charge in [-0.05, 0) is 38.6 Å². The monoisotopic (exact) mass is 403 g/mol. The van der Waals surface area contributed by atoms with E-state index in [4.69, 9.17) is 14.7 Å². The molecule has 1 saturated carbocycles. The molecule has 162 valence electrons. The highest BCUT2D eigenvalue weighted by Crippen LogP contribution is 2.30. The smallest absolute Gasteiger partial charge is 0.207 e. The van der Waals surface area contributed by atoms with E-state index in [0.717, 1.165) is 75.2 Å². The summed E-state index contributed by atoms with van der Waals surface area (Å²) in [7, 11) is 0. The van der Waals surface area contributed by atoms with Gasteiger partial charge < -0.3 is 15.0 Å². The molecule has 2 fully saturated rings. The van der Waals surface area contributed by atoms with Crippen LogP contribution in [0.25, 0.3) is 0 Å². The molecule has 1 amide bonds. The third-order valence-corrected chi connectivity index (χ3v) is 5.98. The van der Waals surface area contributed by atoms with Gasteiger partial charge in [-0.3, -0.25) is 9.69 Å². The fourth-order valence-electron chi connectivity index (χ4n) is 4.03. The summed E-state index contributed by atoms with van der Waals surface area (Å²) in [5, 5.41) is 2.88. The zero-order valence-electron chi connectivity index (χ0n) is 18.5. The summed E-state index contributed by atoms with van der Waals surface area (Å²) in [4.78, 5) is 25.0. The standard InChI is InChI=1S/C22H37N5O2/c1-5-29-15-19-14-20(25-21(24-19)22(2,3)4)27-10-8-26(9-11-27)7-6-17-12-18(13-17)23-16-28/h14,16-18H,5-13,15H2,1-4H3,(H,23,28). The molecule has 1 N–H and O–H groups in total. The fourth-order valence-corrected chi connectivity index (χ4v) is 4.03. The third kappa shape index (κ3) is 6.12. The molecule has 2 heterocycles. The van der Waals surface area contributed by atoms with E-state index in [0.29, 0.717) is 19.3 Å². The molecule has 1 aliphatic carbocycles. The molecular weight excluding hydrogens is 366 g/mol. The molecule has 0 radical (unpaired) electrons. The fraction of sp³-hybridized carbons (Fsp3) is 0.773. The zero-order chi connectivity index (χ0) is 20.9. The third-order valence-electron chi connectivity index (χ3n) is 5.98. The first-order valence-electron chi connectivity index (χ1n) is 11.0. The first-order valence-corrected chi connectivity index (χ1v) is 11.0. The quantitative estimate of drug-likeness (QED) is 0.638. The Labute approximate surface area is 175 Å². The topological polar surface area (TPSA) is 70.6 Å². The number of nitrogens with one attached hydrogen (secondary N) is 1. The minimum atomic E-state index is -0.0852. The van der Waals surface area contributed by atoms with E-state index >= 15 is 0 Å². The Bertz CT molecular complexity index is 662. The van der Waals surface area contributed by atoms with Gasteiger partial charge in [0.1, 0.15) is 11.6 Å². The van der Waals surface area contributed by atoms with Gasteiger partial charge in [0.05, 0.1) is 12.3 Å². The van der Waals surface area contributed by atoms with Gasteiger partial charge in [0, 0.05) is 50.3 Å². The van der Waals surface area contributed by atoms with Crippen molar-refractivity contribution in [3.63, 3.8) is 0 Å². The summed E-state index contributed by atoms with van der Waals surface area (Å²) in [5.74, 6) is 2.68. The van der Waals surface area contributed by atoms with E-state index in [9.17, 15) is 4.79 Å². The van der Waals surface area contributed by atoms with Gasteiger partial charge in [0.15, 0.2) is 0 Å². The van der Waals surface area contributed by atoms with Crippen molar-refractivity contribution >= 4 is 12.2 Å². The van der Waals surface area contributed by atoms with Crippen molar-refractivity contribution in [2.24, 2.45) is 5.92 Å². The Morgan fingerprint density at radius 3 is 2.55 bits per heavy atom. The van der Waals surface area contributed by atoms with E-state index in [1.165, 1.54) is 6.42 Å². The molecule has 29 heavy (non-hydrogen) atoms. The summed E-state index contributed by atoms with van der Waals surface area (Å²) < 4.78 is 5.60. The number of anilines is 1. The maximum atomic E-state index is 10.5. The molecule has 0 aromatic carbocycles. The molecule has 2 aliphatic rings. The van der Waals surface area contributed by atoms with E-state index in [-0.39, 0.29) is 5.41 Å². The van der Waals surface area contributed by atoms with Crippen LogP contribution < -0.4 is 10.2 Å². The highest BCUT2D eigenvalue weighted by atomic mass is 16.5. The maximum absolute atomic E-state index is 10.5. The number of hydrogen-bond donors (Lipinski definition) is 1. The second-order valence-corrected chi connectivity index (χ2v) is 9.36. The number of ether oxygens (including phenoxy) is 1. The Balaban J connectivity index is 1.52. The molecule has 0 unspecified atom stereocenters. The number of piperazine rings is 1. The minimum absolute atomic E-state index is 0.0852. The van der Waals surface area contributed by atoms with Gasteiger partial charge >= 0.3 is 0 Å². The molecule has 1 aromatic rings. The van der Waals surface area contributed by atoms with Gasteiger partial charge in [-0.2, -0.15) is 0 Å². The molecule has 0 atom stereocenters. The van der Waals surface area contributed by atoms with E-state index in [1.54, 1.807) is 0 Å². The van der Waals surface area contributed by atoms with Crippen LogP contribution in [0.3, 0.4) is 0 Å². The largest absolute Gasteiger partial charge is 0.375 e. The Morgan fingerprint density at radius 2 is 1.93 bits per heavy atom. The van der Waals surface area contributed by atoms with Crippen LogP contribution in [0.5, 0.6) is 0 Å². The van der Waals surface area contributed by atoms with Crippen LogP contribution in [0, 0.1) is 5.92 Å². The average Bonchev–Trinajstić information content (AvgIpc) is 2.67. The van der Waals surface area contributed by atoms with Gasteiger partial charge in [0.25, 0.3) is 0 Å².